The highest BCUT2D eigenvalue weighted by Crippen LogP contribution is 2.40. The minimum atomic E-state index is -0.634. The van der Waals surface area contributed by atoms with E-state index in [0.717, 1.165) is 0 Å². The summed E-state index contributed by atoms with van der Waals surface area (Å²) in [6.45, 7) is 0. The normalized spacial score (nSPS) is 10.9. The third-order valence-corrected chi connectivity index (χ3v) is 5.32. The molecule has 0 aromatic heterocycles. The van der Waals surface area contributed by atoms with Gasteiger partial charge in [0.05, 0.1) is 18.4 Å². The summed E-state index contributed by atoms with van der Waals surface area (Å²) in [5.74, 6) is -1.06. The van der Waals surface area contributed by atoms with Crippen molar-refractivity contribution >= 4 is 39.6 Å². The van der Waals surface area contributed by atoms with E-state index in [4.69, 9.17) is 4.74 Å². The molecule has 0 aliphatic carbocycles. The number of fused-ring (bicyclic) bond motifs is 1. The first kappa shape index (κ1) is 23.2. The molecule has 2 amide bonds. The molecule has 0 bridgehead atoms. The summed E-state index contributed by atoms with van der Waals surface area (Å²) in [5.41, 5.74) is 0.835. The van der Waals surface area contributed by atoms with Crippen molar-refractivity contribution in [1.29, 1.82) is 0 Å². The fourth-order valence-electron chi connectivity index (χ4n) is 3.52. The first-order valence-electron chi connectivity index (χ1n) is 10.6. The van der Waals surface area contributed by atoms with Crippen LogP contribution in [0.2, 0.25) is 0 Å². The Morgan fingerprint density at radius 1 is 0.886 bits per heavy atom. The minimum Gasteiger partial charge on any atom is -0.506 e. The molecule has 4 N–H and O–H groups in total. The molecule has 0 aliphatic heterocycles. The van der Waals surface area contributed by atoms with Gasteiger partial charge in [0.2, 0.25) is 0 Å². The average molecular weight is 470 g/mol. The number of hydrogen-bond donors (Lipinski definition) is 4. The lowest BCUT2D eigenvalue weighted by Crippen LogP contribution is -2.17. The molecule has 0 atom stereocenters. The minimum absolute atomic E-state index is 0.0491. The number of benzene rings is 4. The number of carbonyl (C=O) groups excluding carboxylic acids is 2. The molecular weight excluding hydrogens is 448 g/mol. The number of aromatic hydroxyl groups is 2. The summed E-state index contributed by atoms with van der Waals surface area (Å²) in [5, 5.41) is 35.8. The van der Waals surface area contributed by atoms with Gasteiger partial charge in [0, 0.05) is 18.0 Å². The van der Waals surface area contributed by atoms with E-state index in [-0.39, 0.29) is 40.0 Å². The fraction of sp³-hybridized carbons (Fsp3) is 0.0769. The van der Waals surface area contributed by atoms with Crippen LogP contribution in [-0.2, 0) is 0 Å². The van der Waals surface area contributed by atoms with E-state index in [2.05, 4.69) is 20.9 Å². The topological polar surface area (TPSA) is 133 Å². The molecule has 4 aromatic rings. The Labute approximate surface area is 200 Å². The number of nitrogens with one attached hydrogen (secondary N) is 2. The second-order valence-corrected chi connectivity index (χ2v) is 7.48. The Kier molecular flexibility index (Phi) is 6.59. The molecular formula is C26H22N4O5. The standard InChI is InChI=1S/C26H22N4O5/c1-27-25(33)16-11-12-22(35-2)20(14-16)29-30-23-17-8-4-3-7-15(17)13-18(24(23)32)26(34)28-19-9-5-6-10-21(19)31/h3-14,31-32H,1-2H3,(H,27,33)(H,28,34)/b30-29+. The Balaban J connectivity index is 1.80. The third-order valence-electron chi connectivity index (χ3n) is 5.32. The lowest BCUT2D eigenvalue weighted by atomic mass is 10.0. The molecule has 0 saturated heterocycles. The van der Waals surface area contributed by atoms with Gasteiger partial charge in [-0.3, -0.25) is 9.59 Å². The van der Waals surface area contributed by atoms with Crippen molar-refractivity contribution in [2.45, 2.75) is 0 Å². The Morgan fingerprint density at radius 2 is 1.63 bits per heavy atom. The highest BCUT2D eigenvalue weighted by molar-refractivity contribution is 6.12. The van der Waals surface area contributed by atoms with Crippen LogP contribution in [0.25, 0.3) is 10.8 Å². The van der Waals surface area contributed by atoms with Gasteiger partial charge in [0.15, 0.2) is 5.75 Å². The highest BCUT2D eigenvalue weighted by atomic mass is 16.5. The van der Waals surface area contributed by atoms with Gasteiger partial charge in [0.1, 0.15) is 22.9 Å². The molecule has 0 spiro atoms. The van der Waals surface area contributed by atoms with Gasteiger partial charge in [-0.1, -0.05) is 36.4 Å². The fourth-order valence-corrected chi connectivity index (χ4v) is 3.52. The van der Waals surface area contributed by atoms with Crippen molar-refractivity contribution in [2.24, 2.45) is 10.2 Å². The van der Waals surface area contributed by atoms with E-state index in [9.17, 15) is 19.8 Å². The van der Waals surface area contributed by atoms with Crippen LogP contribution in [-0.4, -0.2) is 36.2 Å². The van der Waals surface area contributed by atoms with Crippen molar-refractivity contribution in [3.8, 4) is 17.2 Å². The number of phenolic OH excluding ortho intramolecular Hbond substituents is 2. The van der Waals surface area contributed by atoms with E-state index < -0.39 is 5.91 Å². The number of carbonyl (C=O) groups is 2. The van der Waals surface area contributed by atoms with E-state index in [1.54, 1.807) is 48.5 Å². The SMILES string of the molecule is CNC(=O)c1ccc(OC)c(/N=N/c2c(O)c(C(=O)Nc3ccccc3O)cc3ccccc23)c1. The number of rotatable bonds is 6. The lowest BCUT2D eigenvalue weighted by molar-refractivity contribution is 0.0962. The predicted octanol–water partition coefficient (Wildman–Crippen LogP) is 5.29. The zero-order valence-corrected chi connectivity index (χ0v) is 18.9. The van der Waals surface area contributed by atoms with Crippen molar-refractivity contribution < 1.29 is 24.5 Å². The zero-order valence-electron chi connectivity index (χ0n) is 18.9. The van der Waals surface area contributed by atoms with Gasteiger partial charge in [-0.25, -0.2) is 0 Å². The average Bonchev–Trinajstić information content (AvgIpc) is 2.88. The molecule has 35 heavy (non-hydrogen) atoms. The van der Waals surface area contributed by atoms with E-state index in [1.165, 1.54) is 38.4 Å². The Bertz CT molecular complexity index is 1470. The number of phenols is 2. The smallest absolute Gasteiger partial charge is 0.259 e. The van der Waals surface area contributed by atoms with Crippen molar-refractivity contribution in [3.63, 3.8) is 0 Å². The molecule has 0 heterocycles. The van der Waals surface area contributed by atoms with Crippen LogP contribution in [0.5, 0.6) is 17.2 Å². The molecule has 176 valence electrons. The van der Waals surface area contributed by atoms with Crippen LogP contribution in [0.3, 0.4) is 0 Å². The summed E-state index contributed by atoms with van der Waals surface area (Å²) < 4.78 is 5.32. The number of para-hydroxylation sites is 2. The molecule has 9 nitrogen and oxygen atoms in total. The molecule has 0 unspecified atom stereocenters. The monoisotopic (exact) mass is 470 g/mol. The Morgan fingerprint density at radius 3 is 2.37 bits per heavy atom. The van der Waals surface area contributed by atoms with E-state index in [0.29, 0.717) is 22.1 Å². The molecule has 4 aromatic carbocycles. The quantitative estimate of drug-likeness (QED) is 0.225. The second-order valence-electron chi connectivity index (χ2n) is 7.48. The van der Waals surface area contributed by atoms with Gasteiger partial charge in [-0.15, -0.1) is 10.2 Å². The summed E-state index contributed by atoms with van der Waals surface area (Å²) in [6.07, 6.45) is 0. The van der Waals surface area contributed by atoms with Gasteiger partial charge in [0.25, 0.3) is 11.8 Å². The number of hydrogen-bond acceptors (Lipinski definition) is 7. The van der Waals surface area contributed by atoms with E-state index >= 15 is 0 Å². The van der Waals surface area contributed by atoms with Crippen LogP contribution >= 0.6 is 0 Å². The number of methoxy groups -OCH3 is 1. The van der Waals surface area contributed by atoms with Crippen LogP contribution < -0.4 is 15.4 Å². The van der Waals surface area contributed by atoms with Crippen LogP contribution in [0.4, 0.5) is 17.1 Å². The second kappa shape index (κ2) is 9.92. The Hall–Kier alpha value is -4.92. The van der Waals surface area contributed by atoms with Crippen molar-refractivity contribution in [1.82, 2.24) is 5.32 Å². The number of azo groups is 1. The van der Waals surface area contributed by atoms with Crippen LogP contribution in [0.15, 0.2) is 83.0 Å². The van der Waals surface area contributed by atoms with Gasteiger partial charge in [-0.2, -0.15) is 0 Å². The zero-order chi connectivity index (χ0) is 24.9. The number of anilines is 1. The molecule has 0 aliphatic rings. The van der Waals surface area contributed by atoms with Gasteiger partial charge in [-0.05, 0) is 41.8 Å². The summed E-state index contributed by atoms with van der Waals surface area (Å²) >= 11 is 0. The first-order chi connectivity index (χ1) is 16.9. The maximum atomic E-state index is 13.0. The molecule has 9 heteroatoms. The van der Waals surface area contributed by atoms with Crippen LogP contribution in [0.1, 0.15) is 20.7 Å². The van der Waals surface area contributed by atoms with Crippen molar-refractivity contribution in [3.05, 3.63) is 83.9 Å². The number of nitrogens with zero attached hydrogens (tertiary/aromatic N) is 2. The van der Waals surface area contributed by atoms with Crippen LogP contribution in [0, 0.1) is 0 Å². The molecule has 0 saturated carbocycles. The van der Waals surface area contributed by atoms with Crippen molar-refractivity contribution in [2.75, 3.05) is 19.5 Å². The first-order valence-corrected chi connectivity index (χ1v) is 10.6. The largest absolute Gasteiger partial charge is 0.506 e. The molecule has 0 fully saturated rings. The summed E-state index contributed by atoms with van der Waals surface area (Å²) in [4.78, 5) is 25.0. The maximum absolute atomic E-state index is 13.0. The summed E-state index contributed by atoms with van der Waals surface area (Å²) in [7, 11) is 2.98. The van der Waals surface area contributed by atoms with Gasteiger partial charge < -0.3 is 25.6 Å². The summed E-state index contributed by atoms with van der Waals surface area (Å²) in [6, 6.07) is 19.6. The molecule has 0 radical (unpaired) electrons. The van der Waals surface area contributed by atoms with E-state index in [1.807, 2.05) is 0 Å². The molecule has 4 rings (SSSR count). The number of amides is 2. The predicted molar refractivity (Wildman–Crippen MR) is 132 cm³/mol. The third kappa shape index (κ3) is 4.74. The van der Waals surface area contributed by atoms with Gasteiger partial charge >= 0.3 is 0 Å². The lowest BCUT2D eigenvalue weighted by Gasteiger charge is -2.12. The highest BCUT2D eigenvalue weighted by Gasteiger charge is 2.19. The maximum Gasteiger partial charge on any atom is 0.259 e. The number of ether oxygens (including phenoxy) is 1.